The molecule has 0 aliphatic carbocycles. The van der Waals surface area contributed by atoms with Gasteiger partial charge in [-0.25, -0.2) is 30.5 Å². The van der Waals surface area contributed by atoms with Crippen LogP contribution in [0.5, 0.6) is 0 Å². The predicted octanol–water partition coefficient (Wildman–Crippen LogP) is 14.7. The number of aryl methyl sites for hydroxylation is 2. The molecule has 102 heavy (non-hydrogen) atoms. The molecule has 12 N–H and O–H groups in total. The van der Waals surface area contributed by atoms with Gasteiger partial charge in [-0.2, -0.15) is 16.8 Å². The monoisotopic (exact) mass is 1450 g/mol. The lowest BCUT2D eigenvalue weighted by molar-refractivity contribution is -0.432. The lowest BCUT2D eigenvalue weighted by Crippen LogP contribution is -2.16. The molecule has 0 saturated carbocycles. The summed E-state index contributed by atoms with van der Waals surface area (Å²) in [6, 6.07) is 74.4. The van der Waals surface area contributed by atoms with Crippen molar-refractivity contribution < 1.29 is 74.4 Å². The maximum atomic E-state index is 12.3. The minimum atomic E-state index is -3.67. The molecular formula is C74H70N8O16S4. The van der Waals surface area contributed by atoms with Gasteiger partial charge in [0.25, 0.3) is 20.2 Å². The number of ketones is 4. The van der Waals surface area contributed by atoms with Crippen molar-refractivity contribution in [2.24, 2.45) is 0 Å². The highest BCUT2D eigenvalue weighted by atomic mass is 32.2. The fraction of sp³-hybridized carbons (Fsp3) is 0.0811. The Morgan fingerprint density at radius 2 is 0.578 bits per heavy atom. The quantitative estimate of drug-likeness (QED) is 0.00898. The number of benzene rings is 10. The van der Waals surface area contributed by atoms with Gasteiger partial charge in [-0.15, -0.1) is 8.67 Å². The van der Waals surface area contributed by atoms with E-state index in [0.29, 0.717) is 46.4 Å². The third-order valence-corrected chi connectivity index (χ3v) is 14.2. The molecule has 0 radical (unpaired) electrons. The van der Waals surface area contributed by atoms with E-state index in [1.807, 2.05) is 72.8 Å². The Kier molecular flexibility index (Phi) is 30.7. The van der Waals surface area contributed by atoms with Gasteiger partial charge in [0.2, 0.25) is 23.1 Å². The van der Waals surface area contributed by atoms with Gasteiger partial charge in [-0.3, -0.25) is 28.3 Å². The molecule has 0 spiro atoms. The number of aromatic nitrogens is 4. The Balaban J connectivity index is 0.000000225. The van der Waals surface area contributed by atoms with Gasteiger partial charge in [0.1, 0.15) is 0 Å². The SMILES string of the molecule is CS(=O)(=O)O.CS(=O)(=O)O.CSOOO.CSOOO.Cc1ccc2nc(-c3ccc(-c4nc5ccc(C)cc5nc4-c4ccccc4)cc3)c(-c3ccccc3)nc2c1.Nc1ccc(-c2ccc(N)c(N)c2)cc1N.O=C(C(=O)c1ccc(C(=O)C(=O)c2ccccc2)cc1)c1ccccc1. The van der Waals surface area contributed by atoms with Gasteiger partial charge in [-0.1, -0.05) is 204 Å². The number of hydrogen-bond acceptors (Lipinski definition) is 24. The standard InChI is InChI=1S/C36H26N4.C22H14O4.C12H14N4.4CH4O3S/c1-23-13-19-29-31(21-23)39-33(25-9-5-3-6-10-25)35(37-29)27-15-17-28(18-16-27)36-34(26-11-7-4-8-12-26)40-32-22-24(2)14-20-30(32)38-36;23-19(15-7-3-1-4-8-15)21(25)17-11-13-18(14-12-17)22(26)20(24)16-9-5-2-6-10-16;13-9-3-1-7(5-11(9)15)8-2-4-10(14)12(16)6-8;2*1-5(2,3)4;2*1-5-4-3-2/h3-22H,1-2H3;1-14H;1-6H,13-16H2;2*1H3,(H,2,3,4);2*2H,1H3. The maximum absolute atomic E-state index is 12.3. The zero-order chi connectivity index (χ0) is 74.5. The number of Topliss-reactive ketones (excluding diaryl/α,β-unsaturated/α-hetero) is 4. The number of rotatable bonds is 15. The fourth-order valence-electron chi connectivity index (χ4n) is 9.16. The Bertz CT molecular complexity index is 4700. The second-order valence-electron chi connectivity index (χ2n) is 21.5. The van der Waals surface area contributed by atoms with E-state index in [1.165, 1.54) is 35.4 Å². The summed E-state index contributed by atoms with van der Waals surface area (Å²) in [5.41, 5.74) is 41.4. The summed E-state index contributed by atoms with van der Waals surface area (Å²) in [5, 5.41) is 21.0. The van der Waals surface area contributed by atoms with Crippen LogP contribution in [-0.2, 0) is 39.0 Å². The molecule has 0 bridgehead atoms. The highest BCUT2D eigenvalue weighted by molar-refractivity contribution is 7.94. The summed E-state index contributed by atoms with van der Waals surface area (Å²) in [4.78, 5) is 69.3. The third kappa shape index (κ3) is 25.3. The van der Waals surface area contributed by atoms with Gasteiger partial charge in [-0.05, 0) is 84.6 Å². The van der Waals surface area contributed by atoms with Gasteiger partial charge in [0.05, 0.1) is 80.1 Å². The van der Waals surface area contributed by atoms with Crippen molar-refractivity contribution >= 4 is 112 Å². The lowest BCUT2D eigenvalue weighted by atomic mass is 9.97. The van der Waals surface area contributed by atoms with Gasteiger partial charge >= 0.3 is 0 Å². The summed E-state index contributed by atoms with van der Waals surface area (Å²) in [6.45, 7) is 4.16. The van der Waals surface area contributed by atoms with E-state index in [-0.39, 0.29) is 11.1 Å². The van der Waals surface area contributed by atoms with Crippen LogP contribution in [0.1, 0.15) is 52.6 Å². The van der Waals surface area contributed by atoms with Crippen LogP contribution in [0.4, 0.5) is 22.7 Å². The smallest absolute Gasteiger partial charge is 0.261 e. The van der Waals surface area contributed by atoms with Gasteiger partial charge in [0.15, 0.2) is 0 Å². The van der Waals surface area contributed by atoms with Crippen LogP contribution in [0.15, 0.2) is 243 Å². The van der Waals surface area contributed by atoms with Crippen LogP contribution in [0.2, 0.25) is 0 Å². The Morgan fingerprint density at radius 3 is 0.833 bits per heavy atom. The first kappa shape index (κ1) is 80.0. The van der Waals surface area contributed by atoms with Gasteiger partial charge < -0.3 is 22.9 Å². The Hall–Kier alpha value is -11.0. The van der Waals surface area contributed by atoms with Crippen LogP contribution >= 0.6 is 24.1 Å². The van der Waals surface area contributed by atoms with Crippen molar-refractivity contribution in [1.29, 1.82) is 0 Å². The molecular weight excluding hydrogens is 1390 g/mol. The molecule has 0 unspecified atom stereocenters. The molecule has 12 aromatic rings. The van der Waals surface area contributed by atoms with Crippen LogP contribution in [-0.4, -0.2) is 105 Å². The van der Waals surface area contributed by atoms with Crippen LogP contribution in [0.3, 0.4) is 0 Å². The van der Waals surface area contributed by atoms with E-state index in [0.717, 1.165) is 102 Å². The molecule has 0 saturated heterocycles. The van der Waals surface area contributed by atoms with Crippen molar-refractivity contribution in [1.82, 2.24) is 19.9 Å². The molecule has 28 heteroatoms. The van der Waals surface area contributed by atoms with Crippen molar-refractivity contribution in [2.75, 3.05) is 48.0 Å². The second-order valence-corrected chi connectivity index (χ2v) is 25.4. The summed E-state index contributed by atoms with van der Waals surface area (Å²) in [5.74, 6) is -2.57. The molecule has 12 rings (SSSR count). The average Bonchev–Trinajstić information content (AvgIpc) is 0.772. The first-order valence-electron chi connectivity index (χ1n) is 29.9. The second kappa shape index (κ2) is 39.1. The molecule has 0 fully saturated rings. The molecule has 0 atom stereocenters. The number of hydrogen-bond donors (Lipinski definition) is 8. The summed E-state index contributed by atoms with van der Waals surface area (Å²) >= 11 is 1.86. The van der Waals surface area contributed by atoms with Crippen molar-refractivity contribution in [3.63, 3.8) is 0 Å². The minimum Gasteiger partial charge on any atom is -0.397 e. The Morgan fingerprint density at radius 1 is 0.333 bits per heavy atom. The first-order chi connectivity index (χ1) is 48.6. The molecule has 526 valence electrons. The number of nitrogens with zero attached hydrogens (tertiary/aromatic N) is 4. The number of fused-ring (bicyclic) bond motifs is 2. The summed E-state index contributed by atoms with van der Waals surface area (Å²) in [6.07, 6.45) is 4.67. The van der Waals surface area contributed by atoms with E-state index in [9.17, 15) is 36.0 Å². The highest BCUT2D eigenvalue weighted by Crippen LogP contribution is 2.36. The molecule has 2 heterocycles. The van der Waals surface area contributed by atoms with Crippen LogP contribution < -0.4 is 22.9 Å². The van der Waals surface area contributed by atoms with E-state index in [1.54, 1.807) is 85.3 Å². The van der Waals surface area contributed by atoms with Crippen molar-refractivity contribution in [3.05, 3.63) is 276 Å². The molecule has 0 aliphatic heterocycles. The van der Waals surface area contributed by atoms with E-state index in [4.69, 9.17) is 62.5 Å². The molecule has 10 aromatic carbocycles. The number of anilines is 4. The van der Waals surface area contributed by atoms with Gasteiger partial charge in [0, 0.05) is 81.1 Å². The zero-order valence-corrected chi connectivity index (χ0v) is 58.8. The normalized spacial score (nSPS) is 10.6. The fourth-order valence-corrected chi connectivity index (χ4v) is 9.28. The number of nitrogens with two attached hydrogens (primary N) is 4. The van der Waals surface area contributed by atoms with E-state index >= 15 is 0 Å². The predicted molar refractivity (Wildman–Crippen MR) is 402 cm³/mol. The van der Waals surface area contributed by atoms with Crippen LogP contribution in [0, 0.1) is 13.8 Å². The first-order valence-corrected chi connectivity index (χ1v) is 35.9. The average molecular weight is 1460 g/mol. The van der Waals surface area contributed by atoms with Crippen LogP contribution in [0.25, 0.3) is 78.2 Å². The Labute approximate surface area is 597 Å². The molecule has 0 amide bonds. The van der Waals surface area contributed by atoms with Crippen molar-refractivity contribution in [3.8, 4) is 56.2 Å². The molecule has 0 aliphatic rings. The van der Waals surface area contributed by atoms with Crippen molar-refractivity contribution in [2.45, 2.75) is 13.8 Å². The topological polar surface area (TPSA) is 410 Å². The minimum absolute atomic E-state index is 0.169. The zero-order valence-electron chi connectivity index (χ0n) is 55.5. The summed E-state index contributed by atoms with van der Waals surface area (Å²) < 4.78 is 59.3. The number of carbonyl (C=O) groups is 4. The van der Waals surface area contributed by atoms with E-state index < -0.39 is 43.4 Å². The summed E-state index contributed by atoms with van der Waals surface area (Å²) in [7, 11) is -7.33. The number of nitrogen functional groups attached to an aromatic ring is 4. The third-order valence-electron chi connectivity index (χ3n) is 13.8. The molecule has 24 nitrogen and oxygen atoms in total. The highest BCUT2D eigenvalue weighted by Gasteiger charge is 2.22. The largest absolute Gasteiger partial charge is 0.397 e. The van der Waals surface area contributed by atoms with E-state index in [2.05, 4.69) is 105 Å². The molecule has 2 aromatic heterocycles. The maximum Gasteiger partial charge on any atom is 0.261 e. The number of carbonyl (C=O) groups excluding carboxylic acids is 4. The lowest BCUT2D eigenvalue weighted by Gasteiger charge is -2.13.